The summed E-state index contributed by atoms with van der Waals surface area (Å²) in [5.41, 5.74) is 7.45. The molecule has 0 radical (unpaired) electrons. The zero-order valence-electron chi connectivity index (χ0n) is 15.3. The quantitative estimate of drug-likeness (QED) is 0.492. The second-order valence-corrected chi connectivity index (χ2v) is 6.39. The van der Waals surface area contributed by atoms with Gasteiger partial charge in [-0.25, -0.2) is 0 Å². The molecule has 8 nitrogen and oxygen atoms in total. The van der Waals surface area contributed by atoms with Gasteiger partial charge in [-0.05, 0) is 31.2 Å². The summed E-state index contributed by atoms with van der Waals surface area (Å²) in [5, 5.41) is 11.4. The van der Waals surface area contributed by atoms with Crippen molar-refractivity contribution in [1.82, 2.24) is 15.5 Å². The van der Waals surface area contributed by atoms with Crippen molar-refractivity contribution in [3.63, 3.8) is 0 Å². The molecule has 0 saturated heterocycles. The average Bonchev–Trinajstić information content (AvgIpc) is 3.30. The summed E-state index contributed by atoms with van der Waals surface area (Å²) in [6, 6.07) is 12.0. The molecule has 0 fully saturated rings. The zero-order chi connectivity index (χ0) is 19.8. The molecule has 1 unspecified atom stereocenters. The van der Waals surface area contributed by atoms with E-state index < -0.39 is 17.9 Å². The van der Waals surface area contributed by atoms with Gasteiger partial charge in [0.15, 0.2) is 5.76 Å². The number of carbonyl (C=O) groups is 2. The molecule has 2 aromatic heterocycles. The molecule has 2 aromatic carbocycles. The number of hydrogen-bond acceptors (Lipinski definition) is 5. The number of nitrogens with one attached hydrogen (secondary N) is 2. The second-order valence-electron chi connectivity index (χ2n) is 6.39. The summed E-state index contributed by atoms with van der Waals surface area (Å²) < 4.78 is 11.5. The number of nitrogens with two attached hydrogens (primary N) is 1. The number of H-pyrrole nitrogens is 1. The Labute approximate surface area is 159 Å². The first-order valence-electron chi connectivity index (χ1n) is 8.63. The molecule has 0 bridgehead atoms. The van der Waals surface area contributed by atoms with E-state index in [4.69, 9.17) is 14.9 Å². The van der Waals surface area contributed by atoms with Crippen molar-refractivity contribution in [3.05, 3.63) is 48.0 Å². The number of amides is 2. The first-order chi connectivity index (χ1) is 13.5. The molecule has 0 saturated carbocycles. The smallest absolute Gasteiger partial charge is 0.255 e. The maximum Gasteiger partial charge on any atom is 0.255 e. The van der Waals surface area contributed by atoms with Crippen LogP contribution in [0.2, 0.25) is 0 Å². The van der Waals surface area contributed by atoms with Crippen LogP contribution in [0.4, 0.5) is 0 Å². The summed E-state index contributed by atoms with van der Waals surface area (Å²) in [4.78, 5) is 23.9. The number of furan rings is 1. The van der Waals surface area contributed by atoms with Gasteiger partial charge in [-0.2, -0.15) is 5.10 Å². The van der Waals surface area contributed by atoms with Crippen molar-refractivity contribution >= 4 is 33.7 Å². The SMILES string of the molecule is COc1c(C(=O)NC(C)C(N)=O)ccc2n[nH]c(-c3cc4ccccc4o3)c12. The van der Waals surface area contributed by atoms with Gasteiger partial charge in [-0.1, -0.05) is 18.2 Å². The highest BCUT2D eigenvalue weighted by molar-refractivity contribution is 6.08. The van der Waals surface area contributed by atoms with E-state index in [1.165, 1.54) is 14.0 Å². The molecule has 142 valence electrons. The minimum absolute atomic E-state index is 0.266. The number of hydrogen-bond donors (Lipinski definition) is 3. The van der Waals surface area contributed by atoms with Crippen LogP contribution >= 0.6 is 0 Å². The topological polar surface area (TPSA) is 123 Å². The fraction of sp³-hybridized carbons (Fsp3) is 0.150. The largest absolute Gasteiger partial charge is 0.495 e. The van der Waals surface area contributed by atoms with E-state index in [0.29, 0.717) is 28.1 Å². The van der Waals surface area contributed by atoms with Crippen LogP contribution in [0.5, 0.6) is 5.75 Å². The van der Waals surface area contributed by atoms with Crippen molar-refractivity contribution in [3.8, 4) is 17.2 Å². The standard InChI is InChI=1S/C20H18N4O4/c1-10(19(21)25)22-20(26)12-7-8-13-16(18(12)27-2)17(24-23-13)15-9-11-5-3-4-6-14(11)28-15/h3-10H,1-2H3,(H2,21,25)(H,22,26)(H,23,24). The van der Waals surface area contributed by atoms with Crippen LogP contribution in [0.25, 0.3) is 33.3 Å². The number of fused-ring (bicyclic) bond motifs is 2. The lowest BCUT2D eigenvalue weighted by Gasteiger charge is -2.13. The number of carbonyl (C=O) groups excluding carboxylic acids is 2. The lowest BCUT2D eigenvalue weighted by atomic mass is 10.1. The highest BCUT2D eigenvalue weighted by atomic mass is 16.5. The van der Waals surface area contributed by atoms with Gasteiger partial charge in [-0.15, -0.1) is 0 Å². The van der Waals surface area contributed by atoms with E-state index in [9.17, 15) is 9.59 Å². The third-order valence-electron chi connectivity index (χ3n) is 4.57. The normalized spacial score (nSPS) is 12.2. The Bertz CT molecular complexity index is 1170. The van der Waals surface area contributed by atoms with Gasteiger partial charge in [0.05, 0.1) is 23.6 Å². The number of methoxy groups -OCH3 is 1. The Morgan fingerprint density at radius 3 is 2.75 bits per heavy atom. The van der Waals surface area contributed by atoms with Gasteiger partial charge in [0.1, 0.15) is 23.1 Å². The van der Waals surface area contributed by atoms with Crippen molar-refractivity contribution in [2.24, 2.45) is 5.73 Å². The van der Waals surface area contributed by atoms with Gasteiger partial charge >= 0.3 is 0 Å². The van der Waals surface area contributed by atoms with Crippen molar-refractivity contribution < 1.29 is 18.7 Å². The van der Waals surface area contributed by atoms with Crippen LogP contribution in [-0.2, 0) is 4.79 Å². The van der Waals surface area contributed by atoms with Crippen molar-refractivity contribution in [2.45, 2.75) is 13.0 Å². The van der Waals surface area contributed by atoms with E-state index in [-0.39, 0.29) is 5.56 Å². The molecule has 8 heteroatoms. The summed E-state index contributed by atoms with van der Waals surface area (Å²) in [7, 11) is 1.47. The molecular weight excluding hydrogens is 360 g/mol. The van der Waals surface area contributed by atoms with Crippen LogP contribution in [0.3, 0.4) is 0 Å². The lowest BCUT2D eigenvalue weighted by molar-refractivity contribution is -0.119. The Morgan fingerprint density at radius 2 is 2.04 bits per heavy atom. The number of ether oxygens (including phenoxy) is 1. The summed E-state index contributed by atoms with van der Waals surface area (Å²) in [5.74, 6) is -0.192. The van der Waals surface area contributed by atoms with E-state index >= 15 is 0 Å². The van der Waals surface area contributed by atoms with Gasteiger partial charge in [-0.3, -0.25) is 14.7 Å². The molecule has 0 aliphatic rings. The monoisotopic (exact) mass is 378 g/mol. The predicted octanol–water partition coefficient (Wildman–Crippen LogP) is 2.59. The highest BCUT2D eigenvalue weighted by Crippen LogP contribution is 2.38. The molecule has 0 spiro atoms. The number of nitrogens with zero attached hydrogens (tertiary/aromatic N) is 1. The van der Waals surface area contributed by atoms with Crippen LogP contribution in [0.15, 0.2) is 46.9 Å². The molecule has 4 aromatic rings. The van der Waals surface area contributed by atoms with E-state index in [2.05, 4.69) is 15.5 Å². The fourth-order valence-corrected chi connectivity index (χ4v) is 3.10. The predicted molar refractivity (Wildman–Crippen MR) is 104 cm³/mol. The van der Waals surface area contributed by atoms with Crippen molar-refractivity contribution in [1.29, 1.82) is 0 Å². The van der Waals surface area contributed by atoms with Crippen LogP contribution in [0.1, 0.15) is 17.3 Å². The second kappa shape index (κ2) is 6.73. The maximum atomic E-state index is 12.6. The van der Waals surface area contributed by atoms with Gasteiger partial charge in [0.2, 0.25) is 5.91 Å². The molecular formula is C20H18N4O4. The zero-order valence-corrected chi connectivity index (χ0v) is 15.3. The molecule has 4 rings (SSSR count). The van der Waals surface area contributed by atoms with Crippen LogP contribution in [-0.4, -0.2) is 35.2 Å². The third-order valence-corrected chi connectivity index (χ3v) is 4.57. The first kappa shape index (κ1) is 17.6. The van der Waals surface area contributed by atoms with Crippen LogP contribution in [0, 0.1) is 0 Å². The molecule has 0 aliphatic heterocycles. The van der Waals surface area contributed by atoms with Gasteiger partial charge in [0.25, 0.3) is 5.91 Å². The van der Waals surface area contributed by atoms with E-state index in [1.54, 1.807) is 12.1 Å². The average molecular weight is 378 g/mol. The third kappa shape index (κ3) is 2.84. The van der Waals surface area contributed by atoms with E-state index in [1.807, 2.05) is 30.3 Å². The molecule has 2 heterocycles. The van der Waals surface area contributed by atoms with Gasteiger partial charge < -0.3 is 20.2 Å². The minimum Gasteiger partial charge on any atom is -0.495 e. The number of para-hydroxylation sites is 1. The molecule has 0 aliphatic carbocycles. The van der Waals surface area contributed by atoms with Gasteiger partial charge in [0, 0.05) is 5.39 Å². The maximum absolute atomic E-state index is 12.6. The van der Waals surface area contributed by atoms with Crippen LogP contribution < -0.4 is 15.8 Å². The number of rotatable bonds is 5. The Kier molecular flexibility index (Phi) is 4.23. The first-order valence-corrected chi connectivity index (χ1v) is 8.63. The molecule has 28 heavy (non-hydrogen) atoms. The Balaban J connectivity index is 1.85. The summed E-state index contributed by atoms with van der Waals surface area (Å²) in [6.45, 7) is 1.52. The van der Waals surface area contributed by atoms with E-state index in [0.717, 1.165) is 11.0 Å². The summed E-state index contributed by atoms with van der Waals surface area (Å²) >= 11 is 0. The molecule has 4 N–H and O–H groups in total. The number of benzene rings is 2. The Morgan fingerprint density at radius 1 is 1.25 bits per heavy atom. The summed E-state index contributed by atoms with van der Waals surface area (Å²) in [6.07, 6.45) is 0. The molecule has 1 atom stereocenters. The number of aromatic amines is 1. The fourth-order valence-electron chi connectivity index (χ4n) is 3.10. The highest BCUT2D eigenvalue weighted by Gasteiger charge is 2.23. The lowest BCUT2D eigenvalue weighted by Crippen LogP contribution is -2.42. The number of primary amides is 1. The molecule has 2 amide bonds. The van der Waals surface area contributed by atoms with Crippen molar-refractivity contribution in [2.75, 3.05) is 7.11 Å². The minimum atomic E-state index is -0.813. The Hall–Kier alpha value is -3.81. The number of aromatic nitrogens is 2.